The molecule has 136 valence electrons. The quantitative estimate of drug-likeness (QED) is 0.164. The first-order valence-electron chi connectivity index (χ1n) is 10.0. The fourth-order valence-electron chi connectivity index (χ4n) is 3.07. The van der Waals surface area contributed by atoms with Crippen molar-refractivity contribution >= 4 is 28.4 Å². The summed E-state index contributed by atoms with van der Waals surface area (Å²) in [5, 5.41) is 0. The Bertz CT molecular complexity index is 467. The monoisotopic (exact) mass is 442 g/mol. The van der Waals surface area contributed by atoms with Crippen LogP contribution in [-0.4, -0.2) is 5.78 Å². The maximum atomic E-state index is 12.4. The number of carbonyl (C=O) groups excluding carboxylic acids is 1. The van der Waals surface area contributed by atoms with Gasteiger partial charge in [0.05, 0.1) is 0 Å². The molecule has 24 heavy (non-hydrogen) atoms. The molecule has 1 aromatic rings. The number of unbranched alkanes of at least 4 members (excludes halogenated alkanes) is 9. The second-order valence-corrected chi connectivity index (χ2v) is 8.07. The Labute approximate surface area is 163 Å². The first kappa shape index (κ1) is 21.7. The van der Waals surface area contributed by atoms with Gasteiger partial charge in [0.15, 0.2) is 5.78 Å². The summed E-state index contributed by atoms with van der Waals surface area (Å²) in [6.45, 7) is 4.49. The molecule has 0 atom stereocenters. The van der Waals surface area contributed by atoms with Gasteiger partial charge in [-0.2, -0.15) is 0 Å². The molecule has 0 aliphatic rings. The van der Waals surface area contributed by atoms with Crippen molar-refractivity contribution in [3.63, 3.8) is 0 Å². The van der Waals surface area contributed by atoms with Gasteiger partial charge in [-0.05, 0) is 59.5 Å². The van der Waals surface area contributed by atoms with Gasteiger partial charge in [-0.15, -0.1) is 0 Å². The lowest BCUT2D eigenvalue weighted by atomic mass is 9.99. The zero-order chi connectivity index (χ0) is 17.6. The lowest BCUT2D eigenvalue weighted by molar-refractivity contribution is 0.0979. The van der Waals surface area contributed by atoms with E-state index in [1.807, 2.05) is 6.07 Å². The highest BCUT2D eigenvalue weighted by molar-refractivity contribution is 14.1. The van der Waals surface area contributed by atoms with E-state index < -0.39 is 0 Å². The van der Waals surface area contributed by atoms with Crippen molar-refractivity contribution in [3.8, 4) is 0 Å². The molecule has 2 heteroatoms. The number of carbonyl (C=O) groups is 1. The number of benzene rings is 1. The summed E-state index contributed by atoms with van der Waals surface area (Å²) in [6, 6.07) is 6.29. The smallest absolute Gasteiger partial charge is 0.162 e. The predicted molar refractivity (Wildman–Crippen MR) is 114 cm³/mol. The maximum absolute atomic E-state index is 12.4. The second-order valence-electron chi connectivity index (χ2n) is 6.91. The molecule has 0 unspecified atom stereocenters. The van der Waals surface area contributed by atoms with Crippen molar-refractivity contribution in [2.45, 2.75) is 97.3 Å². The molecule has 0 aliphatic carbocycles. The molecule has 0 bridgehead atoms. The molecule has 0 fully saturated rings. The van der Waals surface area contributed by atoms with Crippen molar-refractivity contribution < 1.29 is 4.79 Å². The number of hydrogen-bond acceptors (Lipinski definition) is 1. The van der Waals surface area contributed by atoms with Crippen molar-refractivity contribution in [1.82, 2.24) is 0 Å². The number of hydrogen-bond donors (Lipinski definition) is 0. The van der Waals surface area contributed by atoms with Crippen LogP contribution in [0.1, 0.15) is 107 Å². The van der Waals surface area contributed by atoms with Gasteiger partial charge in [-0.25, -0.2) is 0 Å². The van der Waals surface area contributed by atoms with E-state index in [0.29, 0.717) is 12.2 Å². The molecular weight excluding hydrogens is 407 g/mol. The third-order valence-corrected chi connectivity index (χ3v) is 5.73. The molecule has 1 rings (SSSR count). The Hall–Kier alpha value is -0.380. The van der Waals surface area contributed by atoms with Crippen LogP contribution in [0.2, 0.25) is 0 Å². The van der Waals surface area contributed by atoms with E-state index in [4.69, 9.17) is 0 Å². The van der Waals surface area contributed by atoms with Crippen LogP contribution in [0.5, 0.6) is 0 Å². The fraction of sp³-hybridized carbons (Fsp3) is 0.682. The van der Waals surface area contributed by atoms with E-state index in [-0.39, 0.29) is 0 Å². The minimum Gasteiger partial charge on any atom is -0.294 e. The van der Waals surface area contributed by atoms with E-state index in [9.17, 15) is 4.79 Å². The normalized spacial score (nSPS) is 11.0. The van der Waals surface area contributed by atoms with E-state index in [1.54, 1.807) is 0 Å². The average molecular weight is 442 g/mol. The molecule has 0 saturated heterocycles. The molecule has 0 aliphatic heterocycles. The Balaban J connectivity index is 2.38. The van der Waals surface area contributed by atoms with Gasteiger partial charge in [0, 0.05) is 15.6 Å². The summed E-state index contributed by atoms with van der Waals surface area (Å²) in [6.07, 6.45) is 15.8. The van der Waals surface area contributed by atoms with Gasteiger partial charge < -0.3 is 0 Å². The van der Waals surface area contributed by atoms with Crippen molar-refractivity contribution in [2.75, 3.05) is 0 Å². The highest BCUT2D eigenvalue weighted by Crippen LogP contribution is 2.19. The zero-order valence-corrected chi connectivity index (χ0v) is 17.9. The van der Waals surface area contributed by atoms with Crippen LogP contribution in [0.4, 0.5) is 0 Å². The number of halogens is 1. The van der Waals surface area contributed by atoms with Crippen molar-refractivity contribution in [1.29, 1.82) is 0 Å². The van der Waals surface area contributed by atoms with Crippen LogP contribution in [0, 0.1) is 3.57 Å². The topological polar surface area (TPSA) is 17.1 Å². The lowest BCUT2D eigenvalue weighted by Crippen LogP contribution is -2.01. The van der Waals surface area contributed by atoms with Gasteiger partial charge in [-0.3, -0.25) is 4.79 Å². The second kappa shape index (κ2) is 13.9. The third kappa shape index (κ3) is 9.19. The zero-order valence-electron chi connectivity index (χ0n) is 15.7. The first-order valence-corrected chi connectivity index (χ1v) is 11.1. The summed E-state index contributed by atoms with van der Waals surface area (Å²) in [5.41, 5.74) is 2.29. The van der Waals surface area contributed by atoms with Crippen molar-refractivity contribution in [3.05, 3.63) is 32.9 Å². The largest absolute Gasteiger partial charge is 0.294 e. The molecule has 0 heterocycles. The Morgan fingerprint density at radius 1 is 0.833 bits per heavy atom. The highest BCUT2D eigenvalue weighted by Gasteiger charge is 2.09. The standard InChI is InChI=1S/C22H35IO/c1-3-5-7-9-11-13-15-22(24)20-16-17-21(23)19(18-20)14-12-10-8-6-4-2/h16-18H,3-15H2,1-2H3. The van der Waals surface area contributed by atoms with E-state index in [2.05, 4.69) is 48.6 Å². The van der Waals surface area contributed by atoms with Gasteiger partial charge in [0.1, 0.15) is 0 Å². The van der Waals surface area contributed by atoms with Crippen LogP contribution in [0.3, 0.4) is 0 Å². The SMILES string of the molecule is CCCCCCCCC(=O)c1ccc(I)c(CCCCCCC)c1. The van der Waals surface area contributed by atoms with E-state index in [1.165, 1.54) is 73.3 Å². The first-order chi connectivity index (χ1) is 11.7. The molecule has 1 aromatic carbocycles. The van der Waals surface area contributed by atoms with Gasteiger partial charge >= 0.3 is 0 Å². The minimum absolute atomic E-state index is 0.328. The van der Waals surface area contributed by atoms with Gasteiger partial charge in [0.2, 0.25) is 0 Å². The highest BCUT2D eigenvalue weighted by atomic mass is 127. The Morgan fingerprint density at radius 3 is 2.08 bits per heavy atom. The van der Waals surface area contributed by atoms with Crippen LogP contribution >= 0.6 is 22.6 Å². The summed E-state index contributed by atoms with van der Waals surface area (Å²) in [4.78, 5) is 12.4. The fourth-order valence-corrected chi connectivity index (χ4v) is 3.67. The van der Waals surface area contributed by atoms with Crippen LogP contribution in [-0.2, 0) is 6.42 Å². The summed E-state index contributed by atoms with van der Waals surface area (Å²) in [7, 11) is 0. The van der Waals surface area contributed by atoms with Crippen LogP contribution in [0.25, 0.3) is 0 Å². The Kier molecular flexibility index (Phi) is 12.5. The van der Waals surface area contributed by atoms with Crippen LogP contribution < -0.4 is 0 Å². The van der Waals surface area contributed by atoms with E-state index in [0.717, 1.165) is 18.4 Å². The van der Waals surface area contributed by atoms with E-state index >= 15 is 0 Å². The summed E-state index contributed by atoms with van der Waals surface area (Å²) < 4.78 is 1.30. The number of ketones is 1. The molecule has 0 radical (unpaired) electrons. The average Bonchev–Trinajstić information content (AvgIpc) is 2.59. The third-order valence-electron chi connectivity index (χ3n) is 4.67. The summed E-state index contributed by atoms with van der Waals surface area (Å²) in [5.74, 6) is 0.328. The Morgan fingerprint density at radius 2 is 1.42 bits per heavy atom. The lowest BCUT2D eigenvalue weighted by Gasteiger charge is -2.08. The van der Waals surface area contributed by atoms with Gasteiger partial charge in [0.25, 0.3) is 0 Å². The molecule has 0 N–H and O–H groups in total. The van der Waals surface area contributed by atoms with Gasteiger partial charge in [-0.1, -0.05) is 77.7 Å². The maximum Gasteiger partial charge on any atom is 0.162 e. The molecule has 1 nitrogen and oxygen atoms in total. The van der Waals surface area contributed by atoms with Crippen molar-refractivity contribution in [2.24, 2.45) is 0 Å². The molecular formula is C22H35IO. The molecule has 0 amide bonds. The minimum atomic E-state index is 0.328. The van der Waals surface area contributed by atoms with Crippen LogP contribution in [0.15, 0.2) is 18.2 Å². The molecule has 0 spiro atoms. The molecule has 0 saturated carbocycles. The number of Topliss-reactive ketones (excluding diaryl/α,β-unsaturated/α-hetero) is 1. The molecule has 0 aromatic heterocycles. The predicted octanol–water partition coefficient (Wildman–Crippen LogP) is 7.74. The number of rotatable bonds is 14. The summed E-state index contributed by atoms with van der Waals surface area (Å²) >= 11 is 2.41. The number of aryl methyl sites for hydroxylation is 1.